The molecule has 4 aromatic rings. The highest BCUT2D eigenvalue weighted by Crippen LogP contribution is 2.31. The number of hydrazone groups is 1. The van der Waals surface area contributed by atoms with Gasteiger partial charge in [-0.2, -0.15) is 9.41 Å². The van der Waals surface area contributed by atoms with E-state index >= 15 is 0 Å². The van der Waals surface area contributed by atoms with Crippen LogP contribution in [0.25, 0.3) is 5.69 Å². The number of ether oxygens (including phenoxy) is 2. The van der Waals surface area contributed by atoms with Crippen LogP contribution in [0.2, 0.25) is 0 Å². The number of aromatic nitrogens is 1. The predicted molar refractivity (Wildman–Crippen MR) is 164 cm³/mol. The molecule has 0 spiro atoms. The van der Waals surface area contributed by atoms with E-state index in [2.05, 4.69) is 41.1 Å². The first-order valence-electron chi connectivity index (χ1n) is 13.4. The average Bonchev–Trinajstić information content (AvgIpc) is 3.25. The van der Waals surface area contributed by atoms with Crippen molar-refractivity contribution < 1.29 is 22.7 Å². The number of hydrogen-bond acceptors (Lipinski definition) is 6. The lowest BCUT2D eigenvalue weighted by molar-refractivity contribution is -0.121. The van der Waals surface area contributed by atoms with Crippen LogP contribution in [0.15, 0.2) is 82.8 Å². The predicted octanol–water partition coefficient (Wildman–Crippen LogP) is 5.07. The molecule has 4 rings (SSSR count). The summed E-state index contributed by atoms with van der Waals surface area (Å²) in [6.07, 6.45) is 1.58. The molecule has 1 N–H and O–H groups in total. The lowest BCUT2D eigenvalue weighted by Crippen LogP contribution is -2.39. The fourth-order valence-electron chi connectivity index (χ4n) is 4.93. The van der Waals surface area contributed by atoms with Gasteiger partial charge in [0.15, 0.2) is 11.5 Å². The minimum atomic E-state index is -4.10. The van der Waals surface area contributed by atoms with Gasteiger partial charge < -0.3 is 14.0 Å². The molecule has 0 atom stereocenters. The summed E-state index contributed by atoms with van der Waals surface area (Å²) < 4.78 is 41.3. The molecule has 0 fully saturated rings. The van der Waals surface area contributed by atoms with Gasteiger partial charge in [0.2, 0.25) is 10.0 Å². The zero-order chi connectivity index (χ0) is 30.4. The van der Waals surface area contributed by atoms with E-state index in [9.17, 15) is 13.2 Å². The van der Waals surface area contributed by atoms with Gasteiger partial charge in [0.05, 0.1) is 37.6 Å². The Labute approximate surface area is 247 Å². The van der Waals surface area contributed by atoms with Crippen molar-refractivity contribution in [3.8, 4) is 17.2 Å². The SMILES string of the molecule is COc1ccc(S(=O)(=O)N(CC(=O)N/N=C/c2cc(C)n(-c3c(C)cccc3C)c2C)Cc2ccccc2)cc1OC. The van der Waals surface area contributed by atoms with Gasteiger partial charge in [0.1, 0.15) is 0 Å². The normalized spacial score (nSPS) is 11.7. The Bertz CT molecular complexity index is 1690. The molecule has 0 saturated heterocycles. The van der Waals surface area contributed by atoms with Crippen LogP contribution < -0.4 is 14.9 Å². The number of amides is 1. The van der Waals surface area contributed by atoms with Crippen molar-refractivity contribution >= 4 is 22.1 Å². The van der Waals surface area contributed by atoms with E-state index in [0.717, 1.165) is 43.6 Å². The van der Waals surface area contributed by atoms with Crippen LogP contribution in [0, 0.1) is 27.7 Å². The number of benzene rings is 3. The summed E-state index contributed by atoms with van der Waals surface area (Å²) in [5, 5.41) is 4.16. The highest BCUT2D eigenvalue weighted by molar-refractivity contribution is 7.89. The highest BCUT2D eigenvalue weighted by Gasteiger charge is 2.28. The molecule has 10 heteroatoms. The van der Waals surface area contributed by atoms with Crippen LogP contribution in [-0.2, 0) is 21.4 Å². The van der Waals surface area contributed by atoms with E-state index in [-0.39, 0.29) is 17.2 Å². The van der Waals surface area contributed by atoms with Crippen LogP contribution in [0.4, 0.5) is 0 Å². The van der Waals surface area contributed by atoms with E-state index in [0.29, 0.717) is 5.75 Å². The lowest BCUT2D eigenvalue weighted by atomic mass is 10.1. The third-order valence-electron chi connectivity index (χ3n) is 7.04. The number of sulfonamides is 1. The van der Waals surface area contributed by atoms with E-state index < -0.39 is 22.5 Å². The van der Waals surface area contributed by atoms with Crippen molar-refractivity contribution in [2.75, 3.05) is 20.8 Å². The van der Waals surface area contributed by atoms with Gasteiger partial charge in [-0.05, 0) is 62.6 Å². The number of methoxy groups -OCH3 is 2. The molecule has 0 radical (unpaired) electrons. The third kappa shape index (κ3) is 6.56. The van der Waals surface area contributed by atoms with Gasteiger partial charge in [0.25, 0.3) is 5.91 Å². The molecule has 0 aliphatic carbocycles. The summed E-state index contributed by atoms with van der Waals surface area (Å²) >= 11 is 0. The summed E-state index contributed by atoms with van der Waals surface area (Å²) in [6.45, 7) is 7.73. The fraction of sp³-hybridized carbons (Fsp3) is 0.250. The standard InChI is InChI=1S/C32H36N4O5S/c1-22-11-10-12-23(2)32(22)36-24(3)17-27(25(36)4)19-33-34-31(37)21-35(20-26-13-8-7-9-14-26)42(38,39)28-15-16-29(40-5)30(18-28)41-6/h7-19H,20-21H2,1-6H3,(H,34,37)/b33-19+. The molecule has 0 bridgehead atoms. The molecule has 1 amide bonds. The van der Waals surface area contributed by atoms with Crippen LogP contribution in [-0.4, -0.2) is 50.2 Å². The number of hydrogen-bond donors (Lipinski definition) is 1. The maximum atomic E-state index is 13.7. The number of nitrogens with one attached hydrogen (secondary N) is 1. The molecular weight excluding hydrogens is 552 g/mol. The van der Waals surface area contributed by atoms with Gasteiger partial charge >= 0.3 is 0 Å². The average molecular weight is 589 g/mol. The number of carbonyl (C=O) groups excluding carboxylic acids is 1. The zero-order valence-corrected chi connectivity index (χ0v) is 25.5. The first kappa shape index (κ1) is 30.5. The van der Waals surface area contributed by atoms with E-state index in [4.69, 9.17) is 9.47 Å². The topological polar surface area (TPSA) is 102 Å². The van der Waals surface area contributed by atoms with Gasteiger partial charge in [-0.15, -0.1) is 0 Å². The maximum absolute atomic E-state index is 13.7. The summed E-state index contributed by atoms with van der Waals surface area (Å²) in [4.78, 5) is 13.0. The number of nitrogens with zero attached hydrogens (tertiary/aromatic N) is 3. The molecule has 42 heavy (non-hydrogen) atoms. The third-order valence-corrected chi connectivity index (χ3v) is 8.83. The van der Waals surface area contributed by atoms with Crippen molar-refractivity contribution in [3.05, 3.63) is 106 Å². The minimum Gasteiger partial charge on any atom is -0.493 e. The molecule has 0 aliphatic rings. The molecule has 0 unspecified atom stereocenters. The molecule has 220 valence electrons. The van der Waals surface area contributed by atoms with Crippen molar-refractivity contribution in [1.29, 1.82) is 0 Å². The largest absolute Gasteiger partial charge is 0.493 e. The first-order chi connectivity index (χ1) is 20.1. The number of para-hydroxylation sites is 1. The Hall–Kier alpha value is -4.41. The van der Waals surface area contributed by atoms with E-state index in [1.54, 1.807) is 18.3 Å². The summed E-state index contributed by atoms with van der Waals surface area (Å²) in [7, 11) is -1.19. The van der Waals surface area contributed by atoms with Crippen LogP contribution >= 0.6 is 0 Å². The fourth-order valence-corrected chi connectivity index (χ4v) is 6.33. The van der Waals surface area contributed by atoms with Gasteiger partial charge in [-0.25, -0.2) is 13.8 Å². The van der Waals surface area contributed by atoms with Crippen molar-refractivity contribution in [2.45, 2.75) is 39.1 Å². The Morgan fingerprint density at radius 1 is 0.905 bits per heavy atom. The van der Waals surface area contributed by atoms with Crippen LogP contribution in [0.3, 0.4) is 0 Å². The van der Waals surface area contributed by atoms with Gasteiger partial charge in [-0.3, -0.25) is 4.79 Å². The molecule has 1 aromatic heterocycles. The Balaban J connectivity index is 1.56. The number of rotatable bonds is 11. The Morgan fingerprint density at radius 3 is 2.21 bits per heavy atom. The molecule has 3 aromatic carbocycles. The van der Waals surface area contributed by atoms with Gasteiger partial charge in [-0.1, -0.05) is 48.5 Å². The molecule has 0 saturated carbocycles. The van der Waals surface area contributed by atoms with E-state index in [1.165, 1.54) is 32.4 Å². The quantitative estimate of drug-likeness (QED) is 0.195. The Morgan fingerprint density at radius 2 is 1.57 bits per heavy atom. The zero-order valence-electron chi connectivity index (χ0n) is 24.7. The smallest absolute Gasteiger partial charge is 0.255 e. The summed E-state index contributed by atoms with van der Waals surface area (Å²) in [6, 6.07) is 21.6. The monoisotopic (exact) mass is 588 g/mol. The molecule has 9 nitrogen and oxygen atoms in total. The lowest BCUT2D eigenvalue weighted by Gasteiger charge is -2.22. The highest BCUT2D eigenvalue weighted by atomic mass is 32.2. The van der Waals surface area contributed by atoms with Crippen LogP contribution in [0.1, 0.15) is 33.6 Å². The maximum Gasteiger partial charge on any atom is 0.255 e. The summed E-state index contributed by atoms with van der Waals surface area (Å²) in [5.41, 5.74) is 9.52. The van der Waals surface area contributed by atoms with Crippen molar-refractivity contribution in [1.82, 2.24) is 14.3 Å². The van der Waals surface area contributed by atoms with Gasteiger partial charge in [0, 0.05) is 29.6 Å². The second kappa shape index (κ2) is 13.1. The van der Waals surface area contributed by atoms with E-state index in [1.807, 2.05) is 44.2 Å². The Kier molecular flexibility index (Phi) is 9.49. The molecule has 1 heterocycles. The second-order valence-corrected chi connectivity index (χ2v) is 11.9. The number of aryl methyl sites for hydroxylation is 3. The first-order valence-corrected chi connectivity index (χ1v) is 14.8. The molecular formula is C32H36N4O5S. The van der Waals surface area contributed by atoms with Crippen molar-refractivity contribution in [2.24, 2.45) is 5.10 Å². The molecule has 0 aliphatic heterocycles. The number of carbonyl (C=O) groups is 1. The van der Waals surface area contributed by atoms with Crippen molar-refractivity contribution in [3.63, 3.8) is 0 Å². The summed E-state index contributed by atoms with van der Waals surface area (Å²) in [5.74, 6) is 0.0932. The van der Waals surface area contributed by atoms with Crippen LogP contribution in [0.5, 0.6) is 11.5 Å². The minimum absolute atomic E-state index is 0.00835. The second-order valence-electron chi connectivity index (χ2n) is 9.97.